The molecule has 2 unspecified atom stereocenters. The fourth-order valence-corrected chi connectivity index (χ4v) is 2.30. The SMILES string of the molecule is CCN(C(=O)NCCc1ncno1)C1COCC1C(=O)O. The number of nitrogens with one attached hydrogen (secondary N) is 1. The zero-order valence-electron chi connectivity index (χ0n) is 11.7. The van der Waals surface area contributed by atoms with Crippen LogP contribution in [0.3, 0.4) is 0 Å². The number of carboxylic acid groups (broad SMARTS) is 1. The number of carbonyl (C=O) groups is 2. The predicted molar refractivity (Wildman–Crippen MR) is 69.5 cm³/mol. The van der Waals surface area contributed by atoms with E-state index in [9.17, 15) is 9.59 Å². The summed E-state index contributed by atoms with van der Waals surface area (Å²) >= 11 is 0. The molecule has 1 aromatic rings. The van der Waals surface area contributed by atoms with E-state index < -0.39 is 17.9 Å². The molecule has 9 nitrogen and oxygen atoms in total. The summed E-state index contributed by atoms with van der Waals surface area (Å²) in [6.07, 6.45) is 1.72. The van der Waals surface area contributed by atoms with E-state index in [0.29, 0.717) is 25.4 Å². The zero-order valence-corrected chi connectivity index (χ0v) is 11.7. The van der Waals surface area contributed by atoms with Gasteiger partial charge in [0.15, 0.2) is 6.33 Å². The molecular weight excluding hydrogens is 280 g/mol. The second kappa shape index (κ2) is 7.02. The fourth-order valence-electron chi connectivity index (χ4n) is 2.30. The maximum Gasteiger partial charge on any atom is 0.317 e. The summed E-state index contributed by atoms with van der Waals surface area (Å²) in [4.78, 5) is 28.7. The Morgan fingerprint density at radius 2 is 2.33 bits per heavy atom. The zero-order chi connectivity index (χ0) is 15.2. The van der Waals surface area contributed by atoms with Gasteiger partial charge in [-0.25, -0.2) is 4.79 Å². The van der Waals surface area contributed by atoms with Crippen molar-refractivity contribution < 1.29 is 24.0 Å². The summed E-state index contributed by atoms with van der Waals surface area (Å²) < 4.78 is 10.0. The van der Waals surface area contributed by atoms with E-state index in [2.05, 4.69) is 15.5 Å². The molecule has 0 spiro atoms. The van der Waals surface area contributed by atoms with Crippen LogP contribution in [0.15, 0.2) is 10.9 Å². The van der Waals surface area contributed by atoms with Crippen molar-refractivity contribution >= 4 is 12.0 Å². The maximum absolute atomic E-state index is 12.2. The van der Waals surface area contributed by atoms with E-state index >= 15 is 0 Å². The second-order valence-corrected chi connectivity index (χ2v) is 4.65. The molecule has 1 aromatic heterocycles. The van der Waals surface area contributed by atoms with Gasteiger partial charge in [-0.2, -0.15) is 4.98 Å². The summed E-state index contributed by atoms with van der Waals surface area (Å²) in [5.74, 6) is -1.20. The average Bonchev–Trinajstić information content (AvgIpc) is 3.10. The molecule has 9 heteroatoms. The second-order valence-electron chi connectivity index (χ2n) is 4.65. The van der Waals surface area contributed by atoms with Crippen LogP contribution in [0.5, 0.6) is 0 Å². The van der Waals surface area contributed by atoms with Crippen molar-refractivity contribution in [2.45, 2.75) is 19.4 Å². The molecule has 0 aromatic carbocycles. The standard InChI is InChI=1S/C12H18N4O5/c1-2-16(9-6-20-5-8(9)11(17)18)12(19)13-4-3-10-14-7-15-21-10/h7-9H,2-6H2,1H3,(H,13,19)(H,17,18). The third kappa shape index (κ3) is 3.69. The predicted octanol–water partition coefficient (Wildman–Crippen LogP) is -0.257. The fraction of sp³-hybridized carbons (Fsp3) is 0.667. The molecule has 1 aliphatic heterocycles. The molecule has 0 aliphatic carbocycles. The number of aliphatic carboxylic acids is 1. The van der Waals surface area contributed by atoms with Crippen molar-refractivity contribution in [1.82, 2.24) is 20.4 Å². The Morgan fingerprint density at radius 3 is 2.95 bits per heavy atom. The average molecular weight is 298 g/mol. The Balaban J connectivity index is 1.87. The van der Waals surface area contributed by atoms with Crippen LogP contribution in [0.1, 0.15) is 12.8 Å². The van der Waals surface area contributed by atoms with Crippen LogP contribution in [-0.4, -0.2) is 64.5 Å². The van der Waals surface area contributed by atoms with Crippen LogP contribution in [0.25, 0.3) is 0 Å². The van der Waals surface area contributed by atoms with E-state index in [0.717, 1.165) is 0 Å². The number of hydrogen-bond donors (Lipinski definition) is 2. The number of nitrogens with zero attached hydrogens (tertiary/aromatic N) is 3. The van der Waals surface area contributed by atoms with Crippen LogP contribution < -0.4 is 5.32 Å². The lowest BCUT2D eigenvalue weighted by Gasteiger charge is -2.29. The Hall–Kier alpha value is -2.16. The van der Waals surface area contributed by atoms with Crippen LogP contribution in [0, 0.1) is 5.92 Å². The van der Waals surface area contributed by atoms with E-state index in [1.54, 1.807) is 6.92 Å². The Morgan fingerprint density at radius 1 is 1.52 bits per heavy atom. The first-order chi connectivity index (χ1) is 10.1. The lowest BCUT2D eigenvalue weighted by Crippen LogP contribution is -2.50. The van der Waals surface area contributed by atoms with E-state index in [1.807, 2.05) is 0 Å². The topological polar surface area (TPSA) is 118 Å². The highest BCUT2D eigenvalue weighted by molar-refractivity contribution is 5.77. The molecule has 2 rings (SSSR count). The van der Waals surface area contributed by atoms with Gasteiger partial charge < -0.3 is 24.6 Å². The van der Waals surface area contributed by atoms with Crippen molar-refractivity contribution in [2.75, 3.05) is 26.3 Å². The highest BCUT2D eigenvalue weighted by Gasteiger charge is 2.39. The molecule has 0 saturated carbocycles. The summed E-state index contributed by atoms with van der Waals surface area (Å²) in [5.41, 5.74) is 0. The molecule has 1 fully saturated rings. The molecule has 1 aliphatic rings. The number of hydrogen-bond acceptors (Lipinski definition) is 6. The van der Waals surface area contributed by atoms with E-state index in [-0.39, 0.29) is 19.2 Å². The molecule has 2 atom stereocenters. The summed E-state index contributed by atoms with van der Waals surface area (Å²) in [6.45, 7) is 2.91. The molecule has 116 valence electrons. The van der Waals surface area contributed by atoms with Gasteiger partial charge in [0.25, 0.3) is 0 Å². The first-order valence-corrected chi connectivity index (χ1v) is 6.74. The minimum Gasteiger partial charge on any atom is -0.481 e. The maximum atomic E-state index is 12.2. The number of rotatable bonds is 6. The lowest BCUT2D eigenvalue weighted by molar-refractivity contribution is -0.142. The molecule has 1 saturated heterocycles. The number of amides is 2. The van der Waals surface area contributed by atoms with Crippen LogP contribution >= 0.6 is 0 Å². The highest BCUT2D eigenvalue weighted by Crippen LogP contribution is 2.20. The van der Waals surface area contributed by atoms with Crippen molar-refractivity contribution in [3.8, 4) is 0 Å². The number of aromatic nitrogens is 2. The molecule has 0 bridgehead atoms. The monoisotopic (exact) mass is 298 g/mol. The van der Waals surface area contributed by atoms with Gasteiger partial charge in [-0.05, 0) is 6.92 Å². The highest BCUT2D eigenvalue weighted by atomic mass is 16.5. The quantitative estimate of drug-likeness (QED) is 0.743. The number of carboxylic acids is 1. The van der Waals surface area contributed by atoms with Crippen LogP contribution in [0.4, 0.5) is 4.79 Å². The van der Waals surface area contributed by atoms with E-state index in [4.69, 9.17) is 14.4 Å². The van der Waals surface area contributed by atoms with Crippen molar-refractivity contribution in [1.29, 1.82) is 0 Å². The van der Waals surface area contributed by atoms with Gasteiger partial charge in [0.1, 0.15) is 5.92 Å². The molecular formula is C12H18N4O5. The minimum absolute atomic E-state index is 0.131. The molecule has 21 heavy (non-hydrogen) atoms. The number of likely N-dealkylation sites (N-methyl/N-ethyl adjacent to an activating group) is 1. The van der Waals surface area contributed by atoms with Crippen molar-refractivity contribution in [2.24, 2.45) is 5.92 Å². The van der Waals surface area contributed by atoms with Gasteiger partial charge in [-0.3, -0.25) is 4.79 Å². The number of carbonyl (C=O) groups excluding carboxylic acids is 1. The first-order valence-electron chi connectivity index (χ1n) is 6.74. The Labute approximate surface area is 121 Å². The summed E-state index contributed by atoms with van der Waals surface area (Å²) in [5, 5.41) is 15.3. The van der Waals surface area contributed by atoms with Crippen LogP contribution in [-0.2, 0) is 16.0 Å². The molecule has 0 radical (unpaired) electrons. The molecule has 2 heterocycles. The third-order valence-corrected chi connectivity index (χ3v) is 3.39. The number of ether oxygens (including phenoxy) is 1. The van der Waals surface area contributed by atoms with Gasteiger partial charge in [-0.1, -0.05) is 5.16 Å². The molecule has 2 N–H and O–H groups in total. The lowest BCUT2D eigenvalue weighted by atomic mass is 10.0. The van der Waals surface area contributed by atoms with Crippen LogP contribution in [0.2, 0.25) is 0 Å². The normalized spacial score (nSPS) is 21.2. The minimum atomic E-state index is -0.949. The van der Waals surface area contributed by atoms with Gasteiger partial charge in [0.2, 0.25) is 5.89 Å². The van der Waals surface area contributed by atoms with Gasteiger partial charge in [0.05, 0.1) is 19.3 Å². The summed E-state index contributed by atoms with van der Waals surface area (Å²) in [7, 11) is 0. The van der Waals surface area contributed by atoms with Gasteiger partial charge in [0, 0.05) is 19.5 Å². The van der Waals surface area contributed by atoms with Crippen molar-refractivity contribution in [3.63, 3.8) is 0 Å². The summed E-state index contributed by atoms with van der Waals surface area (Å²) in [6, 6.07) is -0.769. The molecule has 2 amide bonds. The largest absolute Gasteiger partial charge is 0.481 e. The van der Waals surface area contributed by atoms with Crippen molar-refractivity contribution in [3.05, 3.63) is 12.2 Å². The Kier molecular flexibility index (Phi) is 5.09. The van der Waals surface area contributed by atoms with Gasteiger partial charge in [-0.15, -0.1) is 0 Å². The van der Waals surface area contributed by atoms with Gasteiger partial charge >= 0.3 is 12.0 Å². The van der Waals surface area contributed by atoms with E-state index in [1.165, 1.54) is 11.2 Å². The third-order valence-electron chi connectivity index (χ3n) is 3.39. The smallest absolute Gasteiger partial charge is 0.317 e. The Bertz CT molecular complexity index is 478. The number of urea groups is 1. The first kappa shape index (κ1) is 15.2.